The van der Waals surface area contributed by atoms with Crippen LogP contribution in [0.3, 0.4) is 0 Å². The summed E-state index contributed by atoms with van der Waals surface area (Å²) in [5, 5.41) is 3.34. The number of hydrogen-bond acceptors (Lipinski definition) is 5. The predicted octanol–water partition coefficient (Wildman–Crippen LogP) is 2.32. The molecule has 0 aliphatic carbocycles. The van der Waals surface area contributed by atoms with Crippen LogP contribution in [-0.2, 0) is 19.1 Å². The number of carbonyl (C=O) groups excluding carboxylic acids is 4. The molecule has 1 aromatic rings. The van der Waals surface area contributed by atoms with Crippen molar-refractivity contribution in [1.29, 1.82) is 0 Å². The van der Waals surface area contributed by atoms with Gasteiger partial charge in [0.05, 0.1) is 36.4 Å². The second-order valence-electron chi connectivity index (χ2n) is 8.71. The number of likely N-dealkylation sites (N-methyl/N-ethyl adjacent to an activating group) is 1. The standard InChI is InChI=1S/C24H29ClN4O5/c1-3-34-23(32)15-8-11-28(12-9-15)19(30)10-13-29-14-18-20(22(29)31)21(26-24(33)27(18)2)16-6-4-5-7-17(16)25/h4-7,15,21H,3,8-14H2,1-2H3,(H,26,33). The molecule has 34 heavy (non-hydrogen) atoms. The van der Waals surface area contributed by atoms with Crippen molar-refractivity contribution in [1.82, 2.24) is 20.0 Å². The molecule has 4 rings (SSSR count). The zero-order valence-corrected chi connectivity index (χ0v) is 20.1. The van der Waals surface area contributed by atoms with Crippen LogP contribution in [0.4, 0.5) is 4.79 Å². The summed E-state index contributed by atoms with van der Waals surface area (Å²) in [4.78, 5) is 55.4. The summed E-state index contributed by atoms with van der Waals surface area (Å²) in [7, 11) is 1.63. The second-order valence-corrected chi connectivity index (χ2v) is 9.11. The van der Waals surface area contributed by atoms with Crippen molar-refractivity contribution in [2.24, 2.45) is 5.92 Å². The summed E-state index contributed by atoms with van der Waals surface area (Å²) in [6.07, 6.45) is 1.35. The number of nitrogens with zero attached hydrogens (tertiary/aromatic N) is 3. The zero-order valence-electron chi connectivity index (χ0n) is 19.4. The van der Waals surface area contributed by atoms with E-state index in [1.165, 1.54) is 4.90 Å². The number of piperidine rings is 1. The molecule has 1 saturated heterocycles. The molecule has 9 nitrogen and oxygen atoms in total. The smallest absolute Gasteiger partial charge is 0.322 e. The lowest BCUT2D eigenvalue weighted by Gasteiger charge is -2.31. The number of carbonyl (C=O) groups is 4. The van der Waals surface area contributed by atoms with Gasteiger partial charge in [0.15, 0.2) is 0 Å². The van der Waals surface area contributed by atoms with Gasteiger partial charge in [0.1, 0.15) is 0 Å². The SMILES string of the molecule is CCOC(=O)C1CCN(C(=O)CCN2CC3=C(C2=O)C(c2ccccc2Cl)NC(=O)N3C)CC1. The molecule has 3 aliphatic rings. The summed E-state index contributed by atoms with van der Waals surface area (Å²) in [5.74, 6) is -0.623. The molecule has 3 aliphatic heterocycles. The van der Waals surface area contributed by atoms with Gasteiger partial charge in [-0.2, -0.15) is 0 Å². The Labute approximate surface area is 203 Å². The molecule has 1 aromatic carbocycles. The first-order chi connectivity index (χ1) is 16.3. The minimum Gasteiger partial charge on any atom is -0.466 e. The van der Waals surface area contributed by atoms with Gasteiger partial charge >= 0.3 is 12.0 Å². The molecule has 1 unspecified atom stereocenters. The van der Waals surface area contributed by atoms with E-state index in [0.29, 0.717) is 54.4 Å². The Bertz CT molecular complexity index is 1030. The van der Waals surface area contributed by atoms with E-state index in [9.17, 15) is 19.2 Å². The Morgan fingerprint density at radius 1 is 1.18 bits per heavy atom. The molecule has 0 spiro atoms. The van der Waals surface area contributed by atoms with Crippen molar-refractivity contribution in [2.75, 3.05) is 39.8 Å². The fourth-order valence-electron chi connectivity index (χ4n) is 4.76. The zero-order chi connectivity index (χ0) is 24.4. The van der Waals surface area contributed by atoms with Crippen molar-refractivity contribution in [3.63, 3.8) is 0 Å². The number of nitrogens with one attached hydrogen (secondary N) is 1. The number of amides is 4. The Morgan fingerprint density at radius 3 is 2.56 bits per heavy atom. The summed E-state index contributed by atoms with van der Waals surface area (Å²) < 4.78 is 5.08. The predicted molar refractivity (Wildman–Crippen MR) is 125 cm³/mol. The molecule has 182 valence electrons. The summed E-state index contributed by atoms with van der Waals surface area (Å²) in [6.45, 7) is 3.65. The number of urea groups is 1. The van der Waals surface area contributed by atoms with E-state index in [-0.39, 0.29) is 49.2 Å². The van der Waals surface area contributed by atoms with E-state index in [2.05, 4.69) is 5.32 Å². The highest BCUT2D eigenvalue weighted by atomic mass is 35.5. The van der Waals surface area contributed by atoms with Crippen molar-refractivity contribution < 1.29 is 23.9 Å². The van der Waals surface area contributed by atoms with Crippen molar-refractivity contribution in [3.05, 3.63) is 46.1 Å². The Hall–Kier alpha value is -3.07. The van der Waals surface area contributed by atoms with E-state index in [1.54, 1.807) is 42.0 Å². The van der Waals surface area contributed by atoms with Crippen molar-refractivity contribution in [2.45, 2.75) is 32.2 Å². The quantitative estimate of drug-likeness (QED) is 0.619. The first kappa shape index (κ1) is 24.1. The van der Waals surface area contributed by atoms with E-state index >= 15 is 0 Å². The summed E-state index contributed by atoms with van der Waals surface area (Å²) in [6, 6.07) is 6.18. The molecule has 0 bridgehead atoms. The molecule has 3 heterocycles. The van der Waals surface area contributed by atoms with Crippen LogP contribution in [0.25, 0.3) is 0 Å². The lowest BCUT2D eigenvalue weighted by molar-refractivity contribution is -0.151. The van der Waals surface area contributed by atoms with E-state index in [0.717, 1.165) is 0 Å². The van der Waals surface area contributed by atoms with Crippen LogP contribution in [0.1, 0.15) is 37.8 Å². The fourth-order valence-corrected chi connectivity index (χ4v) is 5.00. The number of likely N-dealkylation sites (tertiary alicyclic amines) is 1. The molecular weight excluding hydrogens is 460 g/mol. The van der Waals surface area contributed by atoms with Crippen molar-refractivity contribution >= 4 is 35.4 Å². The fraction of sp³-hybridized carbons (Fsp3) is 0.500. The number of benzene rings is 1. The van der Waals surface area contributed by atoms with Crippen LogP contribution in [0, 0.1) is 5.92 Å². The van der Waals surface area contributed by atoms with Gasteiger partial charge in [-0.1, -0.05) is 29.8 Å². The Kier molecular flexibility index (Phi) is 7.11. The van der Waals surface area contributed by atoms with Crippen LogP contribution in [-0.4, -0.2) is 78.3 Å². The molecule has 0 aromatic heterocycles. The first-order valence-corrected chi connectivity index (χ1v) is 11.9. The van der Waals surface area contributed by atoms with Gasteiger partial charge in [-0.25, -0.2) is 4.79 Å². The molecule has 1 N–H and O–H groups in total. The molecule has 0 radical (unpaired) electrons. The van der Waals surface area contributed by atoms with Gasteiger partial charge < -0.3 is 19.9 Å². The molecule has 4 amide bonds. The molecule has 1 fully saturated rings. The molecule has 1 atom stereocenters. The number of esters is 1. The second kappa shape index (κ2) is 10.0. The minimum atomic E-state index is -0.637. The van der Waals surface area contributed by atoms with Crippen LogP contribution >= 0.6 is 11.6 Å². The first-order valence-electron chi connectivity index (χ1n) is 11.6. The maximum absolute atomic E-state index is 13.3. The van der Waals surface area contributed by atoms with E-state index in [1.807, 2.05) is 6.07 Å². The highest BCUT2D eigenvalue weighted by Crippen LogP contribution is 2.38. The highest BCUT2D eigenvalue weighted by molar-refractivity contribution is 6.31. The average molecular weight is 489 g/mol. The monoisotopic (exact) mass is 488 g/mol. The highest BCUT2D eigenvalue weighted by Gasteiger charge is 2.43. The molecule has 10 heteroatoms. The topological polar surface area (TPSA) is 99.3 Å². The van der Waals surface area contributed by atoms with Gasteiger partial charge in [-0.3, -0.25) is 19.3 Å². The van der Waals surface area contributed by atoms with E-state index in [4.69, 9.17) is 16.3 Å². The van der Waals surface area contributed by atoms with Gasteiger partial charge in [-0.05, 0) is 31.4 Å². The summed E-state index contributed by atoms with van der Waals surface area (Å²) in [5.41, 5.74) is 1.77. The Balaban J connectivity index is 1.39. The van der Waals surface area contributed by atoms with Gasteiger partial charge in [0.2, 0.25) is 5.91 Å². The number of halogens is 1. The normalized spacial score (nSPS) is 21.0. The lowest BCUT2D eigenvalue weighted by atomic mass is 9.95. The average Bonchev–Trinajstić information content (AvgIpc) is 3.17. The third kappa shape index (κ3) is 4.61. The van der Waals surface area contributed by atoms with E-state index < -0.39 is 6.04 Å². The third-order valence-electron chi connectivity index (χ3n) is 6.71. The maximum Gasteiger partial charge on any atom is 0.322 e. The minimum absolute atomic E-state index is 0.0507. The largest absolute Gasteiger partial charge is 0.466 e. The Morgan fingerprint density at radius 2 is 1.88 bits per heavy atom. The number of ether oxygens (including phenoxy) is 1. The third-order valence-corrected chi connectivity index (χ3v) is 7.06. The van der Waals surface area contributed by atoms with Crippen molar-refractivity contribution in [3.8, 4) is 0 Å². The van der Waals surface area contributed by atoms with Crippen LogP contribution in [0.15, 0.2) is 35.5 Å². The van der Waals surface area contributed by atoms with Crippen LogP contribution in [0.5, 0.6) is 0 Å². The number of hydrogen-bond donors (Lipinski definition) is 1. The van der Waals surface area contributed by atoms with Gasteiger partial charge in [0.25, 0.3) is 5.91 Å². The molecule has 0 saturated carbocycles. The van der Waals surface area contributed by atoms with Gasteiger partial charge in [0, 0.05) is 38.1 Å². The van der Waals surface area contributed by atoms with Crippen LogP contribution < -0.4 is 5.32 Å². The summed E-state index contributed by atoms with van der Waals surface area (Å²) >= 11 is 6.36. The molecular formula is C24H29ClN4O5. The lowest BCUT2D eigenvalue weighted by Crippen LogP contribution is -2.45. The maximum atomic E-state index is 13.3. The van der Waals surface area contributed by atoms with Crippen LogP contribution in [0.2, 0.25) is 5.02 Å². The number of rotatable bonds is 6. The van der Waals surface area contributed by atoms with Gasteiger partial charge in [-0.15, -0.1) is 0 Å².